The first-order valence-electron chi connectivity index (χ1n) is 6.40. The second-order valence-corrected chi connectivity index (χ2v) is 6.37. The first-order chi connectivity index (χ1) is 9.74. The Morgan fingerprint density at radius 2 is 2.10 bits per heavy atom. The number of rotatable bonds is 4. The molecule has 20 heavy (non-hydrogen) atoms. The molecule has 3 nitrogen and oxygen atoms in total. The first-order valence-corrected chi connectivity index (χ1v) is 8.16. The molecule has 1 atom stereocenters. The van der Waals surface area contributed by atoms with Gasteiger partial charge >= 0.3 is 0 Å². The molecule has 2 heterocycles. The van der Waals surface area contributed by atoms with Crippen molar-refractivity contribution >= 4 is 28.4 Å². The van der Waals surface area contributed by atoms with Gasteiger partial charge in [0.25, 0.3) is 0 Å². The molecule has 1 N–H and O–H groups in total. The summed E-state index contributed by atoms with van der Waals surface area (Å²) in [5.41, 5.74) is 5.26. The maximum atomic E-state index is 4.35. The van der Waals surface area contributed by atoms with Gasteiger partial charge in [0.15, 0.2) is 0 Å². The zero-order valence-electron chi connectivity index (χ0n) is 11.3. The molecule has 0 fully saturated rings. The molecule has 5 heteroatoms. The largest absolute Gasteiger partial charge is 0.378 e. The molecule has 0 aliphatic heterocycles. The van der Waals surface area contributed by atoms with Crippen LogP contribution in [0.5, 0.6) is 0 Å². The van der Waals surface area contributed by atoms with E-state index in [1.807, 2.05) is 17.1 Å². The second-order valence-electron chi connectivity index (χ2n) is 4.59. The Kier molecular flexibility index (Phi) is 3.80. The van der Waals surface area contributed by atoms with Crippen molar-refractivity contribution in [2.24, 2.45) is 0 Å². The summed E-state index contributed by atoms with van der Waals surface area (Å²) >= 11 is 3.35. The summed E-state index contributed by atoms with van der Waals surface area (Å²) in [4.78, 5) is 9.94. The fraction of sp³-hybridized carbons (Fsp3) is 0.200. The fourth-order valence-electron chi connectivity index (χ4n) is 2.15. The summed E-state index contributed by atoms with van der Waals surface area (Å²) in [6.45, 7) is 4.21. The van der Waals surface area contributed by atoms with Gasteiger partial charge in [0.1, 0.15) is 5.01 Å². The van der Waals surface area contributed by atoms with E-state index in [4.69, 9.17) is 0 Å². The van der Waals surface area contributed by atoms with Gasteiger partial charge in [-0.3, -0.25) is 0 Å². The van der Waals surface area contributed by atoms with Crippen molar-refractivity contribution in [2.45, 2.75) is 19.9 Å². The molecule has 1 aromatic carbocycles. The minimum absolute atomic E-state index is 0.258. The van der Waals surface area contributed by atoms with Crippen LogP contribution in [0.4, 0.5) is 5.69 Å². The molecule has 3 aromatic rings. The van der Waals surface area contributed by atoms with Crippen molar-refractivity contribution in [3.8, 4) is 10.6 Å². The number of aryl methyl sites for hydroxylation is 1. The van der Waals surface area contributed by atoms with Crippen molar-refractivity contribution in [3.63, 3.8) is 0 Å². The summed E-state index contributed by atoms with van der Waals surface area (Å²) in [5.74, 6) is 0. The van der Waals surface area contributed by atoms with Gasteiger partial charge in [-0.05, 0) is 26.0 Å². The van der Waals surface area contributed by atoms with E-state index in [0.717, 1.165) is 22.0 Å². The Balaban J connectivity index is 1.81. The molecule has 3 rings (SSSR count). The molecule has 0 spiro atoms. The van der Waals surface area contributed by atoms with Gasteiger partial charge in [-0.25, -0.2) is 9.97 Å². The quantitative estimate of drug-likeness (QED) is 0.755. The highest BCUT2D eigenvalue weighted by atomic mass is 32.1. The Morgan fingerprint density at radius 3 is 2.80 bits per heavy atom. The molecule has 2 aromatic heterocycles. The topological polar surface area (TPSA) is 37.8 Å². The molecule has 0 bridgehead atoms. The maximum Gasteiger partial charge on any atom is 0.123 e. The van der Waals surface area contributed by atoms with Crippen LogP contribution < -0.4 is 5.32 Å². The van der Waals surface area contributed by atoms with E-state index in [1.165, 1.54) is 4.88 Å². The molecule has 0 aliphatic rings. The standard InChI is InChI=1S/C15H15N3S2/c1-10-14(20-9-17-10)11(2)18-13-5-3-4-12(8-13)15-16-6-7-19-15/h3-9,11,18H,1-2H3. The minimum Gasteiger partial charge on any atom is -0.378 e. The molecule has 0 saturated carbocycles. The number of nitrogens with zero attached hydrogens (tertiary/aromatic N) is 2. The zero-order chi connectivity index (χ0) is 13.9. The highest BCUT2D eigenvalue weighted by Gasteiger charge is 2.11. The summed E-state index contributed by atoms with van der Waals surface area (Å²) in [5, 5.41) is 6.58. The van der Waals surface area contributed by atoms with Crippen molar-refractivity contribution < 1.29 is 0 Å². The van der Waals surface area contributed by atoms with Crippen LogP contribution in [-0.2, 0) is 0 Å². The highest BCUT2D eigenvalue weighted by molar-refractivity contribution is 7.13. The van der Waals surface area contributed by atoms with Gasteiger partial charge in [0.05, 0.1) is 17.2 Å². The van der Waals surface area contributed by atoms with Crippen LogP contribution in [0.15, 0.2) is 41.4 Å². The van der Waals surface area contributed by atoms with E-state index in [1.54, 1.807) is 22.7 Å². The number of hydrogen-bond donors (Lipinski definition) is 1. The number of aromatic nitrogens is 2. The lowest BCUT2D eigenvalue weighted by atomic mass is 10.2. The van der Waals surface area contributed by atoms with E-state index in [9.17, 15) is 0 Å². The van der Waals surface area contributed by atoms with Crippen LogP contribution in [0, 0.1) is 6.92 Å². The van der Waals surface area contributed by atoms with E-state index < -0.39 is 0 Å². The van der Waals surface area contributed by atoms with Crippen LogP contribution in [0.25, 0.3) is 10.6 Å². The Morgan fingerprint density at radius 1 is 1.20 bits per heavy atom. The Labute approximate surface area is 126 Å². The predicted molar refractivity (Wildman–Crippen MR) is 86.4 cm³/mol. The van der Waals surface area contributed by atoms with Gasteiger partial charge in [-0.15, -0.1) is 22.7 Å². The second kappa shape index (κ2) is 5.73. The van der Waals surface area contributed by atoms with Crippen LogP contribution in [0.3, 0.4) is 0 Å². The number of hydrogen-bond acceptors (Lipinski definition) is 5. The molecule has 0 aliphatic carbocycles. The van der Waals surface area contributed by atoms with E-state index in [2.05, 4.69) is 53.4 Å². The third kappa shape index (κ3) is 2.73. The average molecular weight is 301 g/mol. The minimum atomic E-state index is 0.258. The van der Waals surface area contributed by atoms with Crippen molar-refractivity contribution in [2.75, 3.05) is 5.32 Å². The van der Waals surface area contributed by atoms with Crippen LogP contribution >= 0.6 is 22.7 Å². The number of anilines is 1. The maximum absolute atomic E-state index is 4.35. The van der Waals surface area contributed by atoms with Gasteiger partial charge in [-0.2, -0.15) is 0 Å². The normalized spacial score (nSPS) is 12.3. The molecule has 1 unspecified atom stereocenters. The van der Waals surface area contributed by atoms with Crippen LogP contribution in [-0.4, -0.2) is 9.97 Å². The lowest BCUT2D eigenvalue weighted by molar-refractivity contribution is 0.890. The molecular formula is C15H15N3S2. The third-order valence-corrected chi connectivity index (χ3v) is 5.04. The summed E-state index contributed by atoms with van der Waals surface area (Å²) in [6, 6.07) is 8.64. The monoisotopic (exact) mass is 301 g/mol. The number of thiazole rings is 2. The summed E-state index contributed by atoms with van der Waals surface area (Å²) in [6.07, 6.45) is 1.84. The van der Waals surface area contributed by atoms with Gasteiger partial charge in [0.2, 0.25) is 0 Å². The lowest BCUT2D eigenvalue weighted by Gasteiger charge is -2.15. The fourth-order valence-corrected chi connectivity index (χ4v) is 3.60. The SMILES string of the molecule is Cc1ncsc1C(C)Nc1cccc(-c2nccs2)c1. The smallest absolute Gasteiger partial charge is 0.123 e. The molecular weight excluding hydrogens is 286 g/mol. The van der Waals surface area contributed by atoms with E-state index >= 15 is 0 Å². The first kappa shape index (κ1) is 13.3. The summed E-state index contributed by atoms with van der Waals surface area (Å²) in [7, 11) is 0. The molecule has 102 valence electrons. The summed E-state index contributed by atoms with van der Waals surface area (Å²) < 4.78 is 0. The number of benzene rings is 1. The average Bonchev–Trinajstić information content (AvgIpc) is 3.09. The Bertz CT molecular complexity index is 689. The molecule has 0 saturated heterocycles. The van der Waals surface area contributed by atoms with Crippen LogP contribution in [0.1, 0.15) is 23.5 Å². The van der Waals surface area contributed by atoms with Gasteiger partial charge in [0, 0.05) is 27.7 Å². The predicted octanol–water partition coefficient (Wildman–Crippen LogP) is 4.75. The molecule has 0 amide bonds. The van der Waals surface area contributed by atoms with Crippen molar-refractivity contribution in [1.82, 2.24) is 9.97 Å². The van der Waals surface area contributed by atoms with Crippen molar-refractivity contribution in [3.05, 3.63) is 51.9 Å². The zero-order valence-corrected chi connectivity index (χ0v) is 13.0. The van der Waals surface area contributed by atoms with E-state index in [-0.39, 0.29) is 6.04 Å². The van der Waals surface area contributed by atoms with Crippen molar-refractivity contribution in [1.29, 1.82) is 0 Å². The molecule has 0 radical (unpaired) electrons. The van der Waals surface area contributed by atoms with Gasteiger partial charge < -0.3 is 5.32 Å². The van der Waals surface area contributed by atoms with Gasteiger partial charge in [-0.1, -0.05) is 12.1 Å². The third-order valence-electron chi connectivity index (χ3n) is 3.10. The lowest BCUT2D eigenvalue weighted by Crippen LogP contribution is -2.06. The number of nitrogens with one attached hydrogen (secondary N) is 1. The highest BCUT2D eigenvalue weighted by Crippen LogP contribution is 2.28. The van der Waals surface area contributed by atoms with E-state index in [0.29, 0.717) is 0 Å². The Hall–Kier alpha value is -1.72. The van der Waals surface area contributed by atoms with Crippen LogP contribution in [0.2, 0.25) is 0 Å².